The highest BCUT2D eigenvalue weighted by Gasteiger charge is 2.29. The molecule has 0 unspecified atom stereocenters. The molecular formula is C19H16Cl2N6O3. The number of nitrogens with zero attached hydrogens (tertiary/aromatic N) is 4. The van der Waals surface area contributed by atoms with Crippen LogP contribution in [0.1, 0.15) is 20.8 Å². The summed E-state index contributed by atoms with van der Waals surface area (Å²) in [5.41, 5.74) is 6.70. The van der Waals surface area contributed by atoms with E-state index in [9.17, 15) is 14.7 Å². The van der Waals surface area contributed by atoms with E-state index in [0.29, 0.717) is 40.1 Å². The third-order valence-corrected chi connectivity index (χ3v) is 5.14. The summed E-state index contributed by atoms with van der Waals surface area (Å²) in [6, 6.07) is 11.5. The van der Waals surface area contributed by atoms with Gasteiger partial charge in [-0.3, -0.25) is 9.59 Å². The lowest BCUT2D eigenvalue weighted by atomic mass is 10.1. The molecule has 1 saturated heterocycles. The second kappa shape index (κ2) is 7.94. The number of aliphatic hydroxyl groups is 1. The van der Waals surface area contributed by atoms with E-state index in [1.807, 2.05) is 0 Å². The molecule has 2 aromatic carbocycles. The molecule has 1 aliphatic heterocycles. The first-order chi connectivity index (χ1) is 14.3. The number of amides is 2. The van der Waals surface area contributed by atoms with Crippen molar-refractivity contribution >= 4 is 46.5 Å². The lowest BCUT2D eigenvalue weighted by Crippen LogP contribution is -2.53. The van der Waals surface area contributed by atoms with Crippen LogP contribution in [0.3, 0.4) is 0 Å². The van der Waals surface area contributed by atoms with Crippen LogP contribution in [0, 0.1) is 0 Å². The van der Waals surface area contributed by atoms with E-state index in [0.717, 1.165) is 4.80 Å². The van der Waals surface area contributed by atoms with Gasteiger partial charge in [-0.25, -0.2) is 0 Å². The molecule has 30 heavy (non-hydrogen) atoms. The molecular weight excluding hydrogens is 431 g/mol. The van der Waals surface area contributed by atoms with Crippen LogP contribution in [0.2, 0.25) is 10.0 Å². The number of primary amides is 1. The van der Waals surface area contributed by atoms with Gasteiger partial charge in [0.05, 0.1) is 16.1 Å². The maximum Gasteiger partial charge on any atom is 0.273 e. The summed E-state index contributed by atoms with van der Waals surface area (Å²) in [6.45, 7) is 0.656. The maximum atomic E-state index is 12.3. The fourth-order valence-electron chi connectivity index (χ4n) is 2.97. The zero-order chi connectivity index (χ0) is 21.4. The third kappa shape index (κ3) is 3.82. The van der Waals surface area contributed by atoms with Crippen LogP contribution in [0.4, 0.5) is 11.5 Å². The van der Waals surface area contributed by atoms with Gasteiger partial charge in [0.1, 0.15) is 5.69 Å². The summed E-state index contributed by atoms with van der Waals surface area (Å²) in [7, 11) is 0. The van der Waals surface area contributed by atoms with Gasteiger partial charge in [-0.05, 0) is 36.4 Å². The molecule has 154 valence electrons. The average Bonchev–Trinajstić information content (AvgIpc) is 3.09. The van der Waals surface area contributed by atoms with Gasteiger partial charge in [-0.15, -0.1) is 15.0 Å². The Kier molecular flexibility index (Phi) is 5.33. The Morgan fingerprint density at radius 3 is 2.27 bits per heavy atom. The second-order valence-corrected chi connectivity index (χ2v) is 7.50. The SMILES string of the molecule is NC(=O)c1nn(-c2c(Cl)cccc2Cl)nc1Nc1ccc(C(=O)N2CC(O)C2)cc1. The molecule has 0 saturated carbocycles. The first-order valence-corrected chi connectivity index (χ1v) is 9.65. The van der Waals surface area contributed by atoms with Crippen molar-refractivity contribution < 1.29 is 14.7 Å². The van der Waals surface area contributed by atoms with Crippen LogP contribution < -0.4 is 11.1 Å². The van der Waals surface area contributed by atoms with Crippen molar-refractivity contribution in [1.82, 2.24) is 19.9 Å². The normalized spacial score (nSPS) is 13.8. The molecule has 2 heterocycles. The van der Waals surface area contributed by atoms with Gasteiger partial charge >= 0.3 is 0 Å². The highest BCUT2D eigenvalue weighted by molar-refractivity contribution is 6.37. The number of hydrogen-bond acceptors (Lipinski definition) is 6. The molecule has 4 rings (SSSR count). The minimum Gasteiger partial charge on any atom is -0.389 e. The van der Waals surface area contributed by atoms with E-state index in [1.165, 1.54) is 0 Å². The number of aliphatic hydroxyl groups excluding tert-OH is 1. The van der Waals surface area contributed by atoms with Gasteiger partial charge < -0.3 is 21.1 Å². The number of anilines is 2. The first kappa shape index (κ1) is 20.1. The Bertz CT molecular complexity index is 1110. The highest BCUT2D eigenvalue weighted by Crippen LogP contribution is 2.29. The van der Waals surface area contributed by atoms with Crippen LogP contribution >= 0.6 is 23.2 Å². The maximum absolute atomic E-state index is 12.3. The number of nitrogens with one attached hydrogen (secondary N) is 1. The topological polar surface area (TPSA) is 126 Å². The summed E-state index contributed by atoms with van der Waals surface area (Å²) in [6.07, 6.45) is -0.462. The van der Waals surface area contributed by atoms with E-state index in [2.05, 4.69) is 15.5 Å². The number of β-amino-alcohol motifs (C(OH)–C–C–N with tert-alkyl or cyclic N) is 1. The van der Waals surface area contributed by atoms with Crippen molar-refractivity contribution in [2.24, 2.45) is 5.73 Å². The number of hydrogen-bond donors (Lipinski definition) is 3. The molecule has 9 nitrogen and oxygen atoms in total. The lowest BCUT2D eigenvalue weighted by molar-refractivity contribution is 0.00590. The van der Waals surface area contributed by atoms with Crippen LogP contribution in [0.25, 0.3) is 5.69 Å². The number of halogens is 2. The Labute approximate surface area is 181 Å². The molecule has 2 amide bonds. The molecule has 11 heteroatoms. The number of benzene rings is 2. The van der Waals surface area contributed by atoms with E-state index >= 15 is 0 Å². The number of carbonyl (C=O) groups excluding carboxylic acids is 2. The number of para-hydroxylation sites is 1. The molecule has 0 bridgehead atoms. The Hall–Kier alpha value is -3.14. The first-order valence-electron chi connectivity index (χ1n) is 8.89. The van der Waals surface area contributed by atoms with Crippen LogP contribution in [-0.2, 0) is 0 Å². The van der Waals surface area contributed by atoms with E-state index in [-0.39, 0.29) is 17.4 Å². The predicted molar refractivity (Wildman–Crippen MR) is 112 cm³/mol. The number of carbonyl (C=O) groups is 2. The van der Waals surface area contributed by atoms with Crippen molar-refractivity contribution in [1.29, 1.82) is 0 Å². The zero-order valence-corrected chi connectivity index (χ0v) is 16.9. The fraction of sp³-hybridized carbons (Fsp3) is 0.158. The zero-order valence-electron chi connectivity index (χ0n) is 15.4. The molecule has 0 atom stereocenters. The Balaban J connectivity index is 1.59. The fourth-order valence-corrected chi connectivity index (χ4v) is 3.52. The molecule has 3 aromatic rings. The molecule has 4 N–H and O–H groups in total. The van der Waals surface area contributed by atoms with Crippen LogP contribution in [0.15, 0.2) is 42.5 Å². The molecule has 1 aliphatic rings. The van der Waals surface area contributed by atoms with Crippen LogP contribution in [-0.4, -0.2) is 56.0 Å². The van der Waals surface area contributed by atoms with Crippen molar-refractivity contribution in [3.8, 4) is 5.69 Å². The predicted octanol–water partition coefficient (Wildman–Crippen LogP) is 2.23. The standard InChI is InChI=1S/C19H16Cl2N6O3/c20-13-2-1-3-14(21)16(13)27-24-15(17(22)29)18(25-27)23-11-6-4-10(5-7-11)19(30)26-8-12(28)9-26/h1-7,12,28H,8-9H2,(H2,22,29)(H,23,25). The summed E-state index contributed by atoms with van der Waals surface area (Å²) < 4.78 is 0. The van der Waals surface area contributed by atoms with Gasteiger partial charge in [0.25, 0.3) is 11.8 Å². The van der Waals surface area contributed by atoms with Crippen molar-refractivity contribution in [2.75, 3.05) is 18.4 Å². The van der Waals surface area contributed by atoms with E-state index in [1.54, 1.807) is 47.4 Å². The number of rotatable bonds is 5. The van der Waals surface area contributed by atoms with Gasteiger partial charge in [0.2, 0.25) is 0 Å². The quantitative estimate of drug-likeness (QED) is 0.551. The number of likely N-dealkylation sites (tertiary alicyclic amines) is 1. The van der Waals surface area contributed by atoms with Crippen molar-refractivity contribution in [2.45, 2.75) is 6.10 Å². The van der Waals surface area contributed by atoms with E-state index < -0.39 is 12.0 Å². The summed E-state index contributed by atoms with van der Waals surface area (Å²) in [5, 5.41) is 21.3. The summed E-state index contributed by atoms with van der Waals surface area (Å²) in [5.74, 6) is -0.831. The van der Waals surface area contributed by atoms with Crippen molar-refractivity contribution in [3.63, 3.8) is 0 Å². The smallest absolute Gasteiger partial charge is 0.273 e. The van der Waals surface area contributed by atoms with Crippen LogP contribution in [0.5, 0.6) is 0 Å². The summed E-state index contributed by atoms with van der Waals surface area (Å²) in [4.78, 5) is 26.8. The number of aromatic nitrogens is 3. The molecule has 0 spiro atoms. The molecule has 1 aromatic heterocycles. The lowest BCUT2D eigenvalue weighted by Gasteiger charge is -2.35. The van der Waals surface area contributed by atoms with Gasteiger partial charge in [-0.1, -0.05) is 29.3 Å². The minimum absolute atomic E-state index is 0.0966. The summed E-state index contributed by atoms with van der Waals surface area (Å²) >= 11 is 12.4. The van der Waals surface area contributed by atoms with Gasteiger partial charge in [0, 0.05) is 24.3 Å². The van der Waals surface area contributed by atoms with E-state index in [4.69, 9.17) is 28.9 Å². The van der Waals surface area contributed by atoms with Gasteiger partial charge in [0.15, 0.2) is 11.5 Å². The largest absolute Gasteiger partial charge is 0.389 e. The third-order valence-electron chi connectivity index (χ3n) is 4.53. The average molecular weight is 447 g/mol. The van der Waals surface area contributed by atoms with Crippen molar-refractivity contribution in [3.05, 3.63) is 63.8 Å². The number of nitrogens with two attached hydrogens (primary N) is 1. The Morgan fingerprint density at radius 1 is 1.07 bits per heavy atom. The Morgan fingerprint density at radius 2 is 1.70 bits per heavy atom. The van der Waals surface area contributed by atoms with Gasteiger partial charge in [-0.2, -0.15) is 0 Å². The monoisotopic (exact) mass is 446 g/mol. The second-order valence-electron chi connectivity index (χ2n) is 6.69. The minimum atomic E-state index is -0.782. The highest BCUT2D eigenvalue weighted by atomic mass is 35.5. The molecule has 0 aliphatic carbocycles. The molecule has 0 radical (unpaired) electrons. The molecule has 1 fully saturated rings.